The first kappa shape index (κ1) is 37.0. The van der Waals surface area contributed by atoms with Gasteiger partial charge in [0, 0.05) is 28.0 Å². The van der Waals surface area contributed by atoms with E-state index < -0.39 is 0 Å². The van der Waals surface area contributed by atoms with Crippen LogP contribution in [0.4, 0.5) is 0 Å². The average molecular weight is 779 g/mol. The largest absolute Gasteiger partial charge is 0.292 e. The van der Waals surface area contributed by atoms with Gasteiger partial charge >= 0.3 is 0 Å². The molecule has 2 nitrogen and oxygen atoms in total. The van der Waals surface area contributed by atoms with E-state index in [4.69, 9.17) is 4.98 Å². The molecule has 0 radical (unpaired) electrons. The SMILES string of the molecule is CC1C2C=CC=CC2=CC(C2C3(C)C=C(c4ccc(-c5nc6ccccc6n5-c5ccccc5)cc4)C=CC3=C(c3ccc4ccccc4c3)C3(C)CC=CCC23C)C1C. The van der Waals surface area contributed by atoms with E-state index in [0.29, 0.717) is 29.6 Å². The minimum absolute atomic E-state index is 0.00902. The number of nitrogens with zero attached hydrogens (tertiary/aromatic N) is 2. The molecule has 296 valence electrons. The molecule has 0 amide bonds. The first-order valence-electron chi connectivity index (χ1n) is 22.2. The Kier molecular flexibility index (Phi) is 8.51. The van der Waals surface area contributed by atoms with Gasteiger partial charge in [0.1, 0.15) is 5.82 Å². The van der Waals surface area contributed by atoms with Crippen LogP contribution in [0.3, 0.4) is 0 Å². The third-order valence-corrected chi connectivity index (χ3v) is 16.1. The van der Waals surface area contributed by atoms with Crippen molar-refractivity contribution in [3.05, 3.63) is 204 Å². The fourth-order valence-electron chi connectivity index (χ4n) is 12.7. The molecule has 1 aromatic heterocycles. The van der Waals surface area contributed by atoms with E-state index in [1.807, 2.05) is 0 Å². The van der Waals surface area contributed by atoms with Crippen LogP contribution >= 0.6 is 0 Å². The van der Waals surface area contributed by atoms with Gasteiger partial charge in [-0.25, -0.2) is 4.98 Å². The highest BCUT2D eigenvalue weighted by molar-refractivity contribution is 5.91. The van der Waals surface area contributed by atoms with E-state index in [2.05, 4.69) is 221 Å². The van der Waals surface area contributed by atoms with Gasteiger partial charge in [-0.1, -0.05) is 186 Å². The minimum atomic E-state index is -0.235. The van der Waals surface area contributed by atoms with Crippen molar-refractivity contribution < 1.29 is 0 Å². The Morgan fingerprint density at radius 2 is 1.37 bits per heavy atom. The summed E-state index contributed by atoms with van der Waals surface area (Å²) in [6, 6.07) is 44.4. The van der Waals surface area contributed by atoms with E-state index in [9.17, 15) is 0 Å². The highest BCUT2D eigenvalue weighted by atomic mass is 15.1. The first-order valence-corrected chi connectivity index (χ1v) is 22.2. The third-order valence-electron chi connectivity index (χ3n) is 16.1. The highest BCUT2D eigenvalue weighted by Gasteiger charge is 2.64. The van der Waals surface area contributed by atoms with Gasteiger partial charge in [-0.15, -0.1) is 0 Å². The van der Waals surface area contributed by atoms with Crippen LogP contribution < -0.4 is 0 Å². The fourth-order valence-corrected chi connectivity index (χ4v) is 12.7. The minimum Gasteiger partial charge on any atom is -0.292 e. The van der Waals surface area contributed by atoms with Crippen molar-refractivity contribution in [1.82, 2.24) is 9.55 Å². The standard InChI is InChI=1S/C58H54N2/c1-38-39(2)49(36-44-19-11-12-22-48(38)44)54-56(3)37-46(41-25-28-42(29-26-41)55-59-51-23-13-14-24-52(51)60(55)47-20-7-6-8-21-47)31-32-50(56)53(57(4)33-15-16-34-58(54,57)5)45-30-27-40-17-9-10-18-43(40)35-45/h6-32,35-39,48-49,54H,33-34H2,1-5H3. The normalized spacial score (nSPS) is 30.5. The molecule has 0 fully saturated rings. The number of fused-ring (bicyclic) bond motifs is 5. The second-order valence-electron chi connectivity index (χ2n) is 19.1. The van der Waals surface area contributed by atoms with Crippen LogP contribution in [0, 0.1) is 45.8 Å². The topological polar surface area (TPSA) is 17.8 Å². The van der Waals surface area contributed by atoms with E-state index in [-0.39, 0.29) is 16.2 Å². The van der Waals surface area contributed by atoms with E-state index in [1.54, 1.807) is 0 Å². The van der Waals surface area contributed by atoms with Crippen LogP contribution in [-0.2, 0) is 0 Å². The van der Waals surface area contributed by atoms with E-state index in [0.717, 1.165) is 41.0 Å². The molecule has 2 heteroatoms. The lowest BCUT2D eigenvalue weighted by Crippen LogP contribution is -2.58. The third kappa shape index (κ3) is 5.42. The Morgan fingerprint density at radius 3 is 2.20 bits per heavy atom. The molecule has 0 spiro atoms. The molecule has 60 heavy (non-hydrogen) atoms. The van der Waals surface area contributed by atoms with Crippen LogP contribution in [0.15, 0.2) is 193 Å². The van der Waals surface area contributed by atoms with Gasteiger partial charge < -0.3 is 0 Å². The van der Waals surface area contributed by atoms with Crippen LogP contribution in [0.5, 0.6) is 0 Å². The van der Waals surface area contributed by atoms with Gasteiger partial charge in [0.15, 0.2) is 0 Å². The van der Waals surface area contributed by atoms with Crippen LogP contribution in [0.1, 0.15) is 58.6 Å². The average Bonchev–Trinajstić information content (AvgIpc) is 3.67. The van der Waals surface area contributed by atoms with Crippen LogP contribution in [0.2, 0.25) is 0 Å². The second-order valence-corrected chi connectivity index (χ2v) is 19.1. The van der Waals surface area contributed by atoms with Crippen LogP contribution in [0.25, 0.3) is 50.0 Å². The van der Waals surface area contributed by atoms with Crippen molar-refractivity contribution in [1.29, 1.82) is 0 Å². The van der Waals surface area contributed by atoms with Gasteiger partial charge in [0.05, 0.1) is 11.0 Å². The Morgan fingerprint density at radius 1 is 0.650 bits per heavy atom. The predicted molar refractivity (Wildman–Crippen MR) is 252 cm³/mol. The summed E-state index contributed by atoms with van der Waals surface area (Å²) in [5.74, 6) is 3.30. The molecular weight excluding hydrogens is 725 g/mol. The van der Waals surface area contributed by atoms with Gasteiger partial charge in [0.2, 0.25) is 0 Å². The molecule has 5 aliphatic rings. The molecule has 0 saturated heterocycles. The Labute approximate surface area is 355 Å². The Bertz CT molecular complexity index is 2910. The lowest BCUT2D eigenvalue weighted by atomic mass is 9.37. The smallest absolute Gasteiger partial charge is 0.145 e. The maximum absolute atomic E-state index is 5.19. The number of hydrogen-bond donors (Lipinski definition) is 0. The molecule has 11 rings (SSSR count). The molecular formula is C58H54N2. The summed E-state index contributed by atoms with van der Waals surface area (Å²) in [6.45, 7) is 13.0. The second kappa shape index (κ2) is 13.8. The zero-order valence-electron chi connectivity index (χ0n) is 35.5. The van der Waals surface area contributed by atoms with Gasteiger partial charge in [-0.05, 0) is 116 Å². The first-order chi connectivity index (χ1) is 29.2. The number of aromatic nitrogens is 2. The summed E-state index contributed by atoms with van der Waals surface area (Å²) in [5.41, 5.74) is 12.5. The van der Waals surface area contributed by atoms with Crippen molar-refractivity contribution in [3.8, 4) is 17.1 Å². The number of allylic oxidation sites excluding steroid dienone is 14. The molecule has 0 saturated carbocycles. The summed E-state index contributed by atoms with van der Waals surface area (Å²) >= 11 is 0. The number of hydrogen-bond acceptors (Lipinski definition) is 1. The lowest BCUT2D eigenvalue weighted by molar-refractivity contribution is -0.0545. The summed E-state index contributed by atoms with van der Waals surface area (Å²) in [4.78, 5) is 5.19. The maximum atomic E-state index is 5.19. The molecule has 8 unspecified atom stereocenters. The lowest BCUT2D eigenvalue weighted by Gasteiger charge is -2.66. The Balaban J connectivity index is 1.10. The Hall–Kier alpha value is -5.99. The summed E-state index contributed by atoms with van der Waals surface area (Å²) in [5, 5.41) is 2.60. The molecule has 6 aromatic rings. The van der Waals surface area contributed by atoms with Crippen molar-refractivity contribution in [2.45, 2.75) is 47.5 Å². The van der Waals surface area contributed by atoms with Crippen molar-refractivity contribution in [2.75, 3.05) is 0 Å². The summed E-state index contributed by atoms with van der Waals surface area (Å²) in [6.07, 6.45) is 26.9. The fraction of sp³-hybridized carbons (Fsp3) is 0.259. The predicted octanol–water partition coefficient (Wildman–Crippen LogP) is 14.8. The quantitative estimate of drug-likeness (QED) is 0.159. The van der Waals surface area contributed by atoms with Crippen LogP contribution in [-0.4, -0.2) is 9.55 Å². The highest BCUT2D eigenvalue weighted by Crippen LogP contribution is 2.73. The number of para-hydroxylation sites is 3. The van der Waals surface area contributed by atoms with Crippen molar-refractivity contribution in [2.24, 2.45) is 45.8 Å². The molecule has 0 aliphatic heterocycles. The van der Waals surface area contributed by atoms with Gasteiger partial charge in [0.25, 0.3) is 0 Å². The van der Waals surface area contributed by atoms with E-state index >= 15 is 0 Å². The van der Waals surface area contributed by atoms with E-state index in [1.165, 1.54) is 44.2 Å². The summed E-state index contributed by atoms with van der Waals surface area (Å²) < 4.78 is 2.29. The van der Waals surface area contributed by atoms with Gasteiger partial charge in [-0.2, -0.15) is 0 Å². The zero-order valence-corrected chi connectivity index (χ0v) is 35.5. The number of rotatable bonds is 5. The number of imidazole rings is 1. The molecule has 0 bridgehead atoms. The van der Waals surface area contributed by atoms with Gasteiger partial charge in [-0.3, -0.25) is 4.57 Å². The summed E-state index contributed by atoms with van der Waals surface area (Å²) in [7, 11) is 0. The monoisotopic (exact) mass is 778 g/mol. The van der Waals surface area contributed by atoms with Crippen molar-refractivity contribution >= 4 is 33.0 Å². The zero-order chi connectivity index (χ0) is 40.8. The maximum Gasteiger partial charge on any atom is 0.145 e. The molecule has 8 atom stereocenters. The molecule has 1 heterocycles. The molecule has 0 N–H and O–H groups in total. The number of benzene rings is 5. The molecule has 5 aliphatic carbocycles. The van der Waals surface area contributed by atoms with Crippen molar-refractivity contribution in [3.63, 3.8) is 0 Å². The molecule has 5 aromatic carbocycles.